The summed E-state index contributed by atoms with van der Waals surface area (Å²) in [6.07, 6.45) is 4.87. The van der Waals surface area contributed by atoms with Gasteiger partial charge in [-0.15, -0.1) is 0 Å². The molecule has 0 spiro atoms. The van der Waals surface area contributed by atoms with Crippen LogP contribution in [-0.4, -0.2) is 25.5 Å². The van der Waals surface area contributed by atoms with Crippen LogP contribution in [0.15, 0.2) is 36.8 Å². The van der Waals surface area contributed by atoms with Crippen molar-refractivity contribution in [1.29, 1.82) is 0 Å². The van der Waals surface area contributed by atoms with Crippen molar-refractivity contribution < 1.29 is 4.79 Å². The van der Waals surface area contributed by atoms with Crippen molar-refractivity contribution in [3.05, 3.63) is 48.2 Å². The number of carbonyl (C=O) groups is 1. The molecule has 3 aromatic heterocycles. The molecule has 18 heavy (non-hydrogen) atoms. The number of nitrogens with zero attached hydrogens (tertiary/aromatic N) is 3. The first-order valence-electron chi connectivity index (χ1n) is 5.49. The Balaban J connectivity index is 1.94. The van der Waals surface area contributed by atoms with E-state index in [1.54, 1.807) is 18.6 Å². The first-order valence-corrected chi connectivity index (χ1v) is 5.49. The van der Waals surface area contributed by atoms with Gasteiger partial charge in [-0.1, -0.05) is 6.07 Å². The molecule has 2 N–H and O–H groups in total. The molecule has 0 fully saturated rings. The molecule has 0 saturated heterocycles. The number of hydrogen-bond acceptors (Lipinski definition) is 3. The van der Waals surface area contributed by atoms with Crippen LogP contribution in [0, 0.1) is 6.92 Å². The first-order chi connectivity index (χ1) is 8.74. The summed E-state index contributed by atoms with van der Waals surface area (Å²) in [5, 5.41) is 9.10. The average molecular weight is 241 g/mol. The molecular weight excluding hydrogens is 230 g/mol. The summed E-state index contributed by atoms with van der Waals surface area (Å²) in [7, 11) is 0. The number of aromatic amines is 1. The highest BCUT2D eigenvalue weighted by Crippen LogP contribution is 2.10. The zero-order chi connectivity index (χ0) is 12.5. The van der Waals surface area contributed by atoms with Crippen molar-refractivity contribution in [2.75, 3.05) is 5.32 Å². The monoisotopic (exact) mass is 241 g/mol. The molecule has 0 radical (unpaired) electrons. The number of H-pyrrole nitrogens is 1. The Morgan fingerprint density at radius 2 is 2.33 bits per heavy atom. The molecule has 3 rings (SSSR count). The Kier molecular flexibility index (Phi) is 2.33. The van der Waals surface area contributed by atoms with Crippen molar-refractivity contribution in [2.24, 2.45) is 0 Å². The van der Waals surface area contributed by atoms with Crippen molar-refractivity contribution in [3.8, 4) is 0 Å². The maximum atomic E-state index is 12.0. The van der Waals surface area contributed by atoms with Gasteiger partial charge in [0.2, 0.25) is 0 Å². The van der Waals surface area contributed by atoms with Crippen LogP contribution in [0.2, 0.25) is 0 Å². The number of aromatic nitrogens is 4. The number of aryl methyl sites for hydroxylation is 1. The Labute approximate surface area is 103 Å². The summed E-state index contributed by atoms with van der Waals surface area (Å²) >= 11 is 0. The van der Waals surface area contributed by atoms with E-state index in [0.717, 1.165) is 11.3 Å². The van der Waals surface area contributed by atoms with Gasteiger partial charge in [-0.2, -0.15) is 5.10 Å². The van der Waals surface area contributed by atoms with Crippen LogP contribution in [0.3, 0.4) is 0 Å². The lowest BCUT2D eigenvalue weighted by Crippen LogP contribution is -2.11. The summed E-state index contributed by atoms with van der Waals surface area (Å²) < 4.78 is 1.88. The van der Waals surface area contributed by atoms with Crippen molar-refractivity contribution in [2.45, 2.75) is 6.92 Å². The minimum Gasteiger partial charge on any atom is -0.318 e. The minimum absolute atomic E-state index is 0.250. The van der Waals surface area contributed by atoms with E-state index in [9.17, 15) is 4.79 Å². The highest BCUT2D eigenvalue weighted by Gasteiger charge is 2.11. The molecule has 6 nitrogen and oxygen atoms in total. The van der Waals surface area contributed by atoms with E-state index in [0.29, 0.717) is 11.4 Å². The van der Waals surface area contributed by atoms with E-state index in [4.69, 9.17) is 0 Å². The molecule has 0 saturated carbocycles. The van der Waals surface area contributed by atoms with Crippen LogP contribution in [0.5, 0.6) is 0 Å². The fourth-order valence-corrected chi connectivity index (χ4v) is 1.77. The van der Waals surface area contributed by atoms with E-state index in [1.807, 2.05) is 29.5 Å². The van der Waals surface area contributed by atoms with E-state index < -0.39 is 0 Å². The number of hydrogen-bond donors (Lipinski definition) is 2. The second-order valence-corrected chi connectivity index (χ2v) is 3.96. The third kappa shape index (κ3) is 1.73. The van der Waals surface area contributed by atoms with Gasteiger partial charge >= 0.3 is 0 Å². The minimum atomic E-state index is -0.250. The average Bonchev–Trinajstić information content (AvgIpc) is 2.97. The molecule has 3 heterocycles. The number of pyridine rings is 1. The number of carbonyl (C=O) groups excluding carboxylic acids is 1. The molecule has 0 bridgehead atoms. The molecule has 0 aromatic carbocycles. The lowest BCUT2D eigenvalue weighted by Gasteiger charge is -1.97. The van der Waals surface area contributed by atoms with Crippen LogP contribution in [0.25, 0.3) is 5.65 Å². The highest BCUT2D eigenvalue weighted by molar-refractivity contribution is 6.03. The van der Waals surface area contributed by atoms with E-state index in [1.165, 1.54) is 0 Å². The smallest absolute Gasteiger partial charge is 0.275 e. The van der Waals surface area contributed by atoms with Gasteiger partial charge in [-0.25, -0.2) is 4.98 Å². The summed E-state index contributed by atoms with van der Waals surface area (Å²) in [5.41, 5.74) is 2.79. The lowest BCUT2D eigenvalue weighted by atomic mass is 10.4. The molecule has 6 heteroatoms. The second kappa shape index (κ2) is 3.99. The van der Waals surface area contributed by atoms with Crippen LogP contribution in [-0.2, 0) is 0 Å². The number of imidazole rings is 1. The standard InChI is InChI=1S/C12H11N5O/c1-8-3-2-4-11-16-10(7-17(8)11)12(18)15-9-5-13-14-6-9/h2-7H,1H3,(H,13,14)(H,15,18). The van der Waals surface area contributed by atoms with E-state index in [-0.39, 0.29) is 5.91 Å². The predicted octanol–water partition coefficient (Wildman–Crippen LogP) is 1.62. The number of anilines is 1. The fraction of sp³-hybridized carbons (Fsp3) is 0.0833. The number of amides is 1. The molecule has 0 atom stereocenters. The third-order valence-corrected chi connectivity index (χ3v) is 2.68. The number of rotatable bonds is 2. The lowest BCUT2D eigenvalue weighted by molar-refractivity contribution is 0.102. The normalized spacial score (nSPS) is 10.7. The summed E-state index contributed by atoms with van der Waals surface area (Å²) in [6.45, 7) is 1.96. The molecule has 0 aliphatic heterocycles. The molecule has 0 aliphatic rings. The van der Waals surface area contributed by atoms with Gasteiger partial charge in [0.1, 0.15) is 11.3 Å². The van der Waals surface area contributed by atoms with Gasteiger partial charge in [-0.3, -0.25) is 9.89 Å². The first kappa shape index (κ1) is 10.5. The van der Waals surface area contributed by atoms with Crippen molar-refractivity contribution >= 4 is 17.2 Å². The van der Waals surface area contributed by atoms with Gasteiger partial charge in [0.15, 0.2) is 0 Å². The van der Waals surface area contributed by atoms with Gasteiger partial charge in [0, 0.05) is 18.1 Å². The van der Waals surface area contributed by atoms with Crippen LogP contribution in [0.1, 0.15) is 16.2 Å². The summed E-state index contributed by atoms with van der Waals surface area (Å²) in [6, 6.07) is 5.74. The third-order valence-electron chi connectivity index (χ3n) is 2.68. The molecule has 90 valence electrons. The van der Waals surface area contributed by atoms with Crippen LogP contribution >= 0.6 is 0 Å². The molecule has 1 amide bonds. The van der Waals surface area contributed by atoms with Crippen molar-refractivity contribution in [1.82, 2.24) is 19.6 Å². The van der Waals surface area contributed by atoms with Crippen LogP contribution < -0.4 is 5.32 Å². The molecule has 0 unspecified atom stereocenters. The van der Waals surface area contributed by atoms with Crippen LogP contribution in [0.4, 0.5) is 5.69 Å². The van der Waals surface area contributed by atoms with Crippen molar-refractivity contribution in [3.63, 3.8) is 0 Å². The van der Waals surface area contributed by atoms with Gasteiger partial charge in [-0.05, 0) is 19.1 Å². The zero-order valence-corrected chi connectivity index (χ0v) is 9.71. The zero-order valence-electron chi connectivity index (χ0n) is 9.71. The summed E-state index contributed by atoms with van der Waals surface area (Å²) in [5.74, 6) is -0.250. The maximum absolute atomic E-state index is 12.0. The second-order valence-electron chi connectivity index (χ2n) is 3.96. The van der Waals surface area contributed by atoms with Gasteiger partial charge in [0.25, 0.3) is 5.91 Å². The van der Waals surface area contributed by atoms with E-state index >= 15 is 0 Å². The largest absolute Gasteiger partial charge is 0.318 e. The Morgan fingerprint density at radius 3 is 3.06 bits per heavy atom. The molecule has 3 aromatic rings. The highest BCUT2D eigenvalue weighted by atomic mass is 16.1. The Bertz CT molecular complexity index is 698. The fourth-order valence-electron chi connectivity index (χ4n) is 1.77. The molecular formula is C12H11N5O. The SMILES string of the molecule is Cc1cccc2nc(C(=O)Nc3cn[nH]c3)cn12. The quantitative estimate of drug-likeness (QED) is 0.715. The van der Waals surface area contributed by atoms with Gasteiger partial charge in [0.05, 0.1) is 11.9 Å². The Morgan fingerprint density at radius 1 is 1.44 bits per heavy atom. The summed E-state index contributed by atoms with van der Waals surface area (Å²) in [4.78, 5) is 16.2. The maximum Gasteiger partial charge on any atom is 0.275 e. The predicted molar refractivity (Wildman–Crippen MR) is 66.5 cm³/mol. The topological polar surface area (TPSA) is 75.1 Å². The van der Waals surface area contributed by atoms with E-state index in [2.05, 4.69) is 20.5 Å². The van der Waals surface area contributed by atoms with Gasteiger partial charge < -0.3 is 9.72 Å². The molecule has 0 aliphatic carbocycles. The Hall–Kier alpha value is -2.63. The number of nitrogens with one attached hydrogen (secondary N) is 2. The number of fused-ring (bicyclic) bond motifs is 1.